The van der Waals surface area contributed by atoms with Crippen LogP contribution in [0.5, 0.6) is 0 Å². The van der Waals surface area contributed by atoms with Gasteiger partial charge in [-0.15, -0.1) is 0 Å². The number of rotatable bonds is 3. The number of hydrogen-bond acceptors (Lipinski definition) is 5. The van der Waals surface area contributed by atoms with E-state index in [1.807, 2.05) is 12.4 Å². The van der Waals surface area contributed by atoms with Gasteiger partial charge in [-0.05, 0) is 54.5 Å². The van der Waals surface area contributed by atoms with E-state index in [9.17, 15) is 0 Å². The molecule has 2 saturated heterocycles. The van der Waals surface area contributed by atoms with Crippen molar-refractivity contribution < 1.29 is 9.31 Å². The van der Waals surface area contributed by atoms with E-state index in [0.717, 1.165) is 24.2 Å². The van der Waals surface area contributed by atoms with Crippen LogP contribution in [-0.4, -0.2) is 52.9 Å². The zero-order chi connectivity index (χ0) is 17.8. The molecule has 5 nitrogen and oxygen atoms in total. The molecule has 0 spiro atoms. The minimum Gasteiger partial charge on any atom is -0.399 e. The molecule has 0 atom stereocenters. The fourth-order valence-electron chi connectivity index (χ4n) is 3.00. The molecule has 0 unspecified atom stereocenters. The van der Waals surface area contributed by atoms with E-state index < -0.39 is 0 Å². The highest BCUT2D eigenvalue weighted by Gasteiger charge is 2.51. The van der Waals surface area contributed by atoms with Crippen molar-refractivity contribution in [1.29, 1.82) is 0 Å². The first-order valence-corrected chi connectivity index (χ1v) is 8.80. The largest absolute Gasteiger partial charge is 0.496 e. The van der Waals surface area contributed by atoms with E-state index in [1.54, 1.807) is 0 Å². The number of likely N-dealkylation sites (tertiary alicyclic amines) is 1. The summed E-state index contributed by atoms with van der Waals surface area (Å²) in [5.74, 6) is 0. The molecule has 24 heavy (non-hydrogen) atoms. The maximum Gasteiger partial charge on any atom is 0.496 e. The molecule has 3 rings (SSSR count). The molecule has 0 aromatic carbocycles. The summed E-state index contributed by atoms with van der Waals surface area (Å²) >= 11 is 0. The number of nitrogens with zero attached hydrogens (tertiary/aromatic N) is 2. The van der Waals surface area contributed by atoms with Gasteiger partial charge in [0, 0.05) is 36.5 Å². The predicted octanol–water partition coefficient (Wildman–Crippen LogP) is 2.28. The third kappa shape index (κ3) is 3.32. The lowest BCUT2D eigenvalue weighted by Gasteiger charge is -2.48. The van der Waals surface area contributed by atoms with Crippen molar-refractivity contribution in [2.24, 2.45) is 0 Å². The zero-order valence-electron chi connectivity index (χ0n) is 16.0. The molecule has 2 fully saturated rings. The first-order chi connectivity index (χ1) is 11.0. The van der Waals surface area contributed by atoms with Crippen molar-refractivity contribution in [1.82, 2.24) is 9.88 Å². The standard InChI is InChI=1S/C18H30BN3O2/c1-16(2,3)22-11-15(12-22)21-14-8-13(9-20-10-14)19-23-17(4,5)18(6,7)24-19/h8-10,15,21H,11-12H2,1-7H3. The van der Waals surface area contributed by atoms with Gasteiger partial charge in [-0.3, -0.25) is 9.88 Å². The first-order valence-electron chi connectivity index (χ1n) is 8.80. The highest BCUT2D eigenvalue weighted by Crippen LogP contribution is 2.36. The lowest BCUT2D eigenvalue weighted by atomic mass is 9.80. The Morgan fingerprint density at radius 1 is 1.12 bits per heavy atom. The van der Waals surface area contributed by atoms with Gasteiger partial charge in [0.15, 0.2) is 0 Å². The second-order valence-corrected chi connectivity index (χ2v) is 9.01. The van der Waals surface area contributed by atoms with Crippen molar-refractivity contribution in [3.8, 4) is 0 Å². The van der Waals surface area contributed by atoms with Gasteiger partial charge in [0.25, 0.3) is 0 Å². The van der Waals surface area contributed by atoms with Crippen LogP contribution in [0.4, 0.5) is 5.69 Å². The molecule has 1 aromatic heterocycles. The Kier molecular flexibility index (Phi) is 4.22. The molecule has 1 N–H and O–H groups in total. The lowest BCUT2D eigenvalue weighted by molar-refractivity contribution is 0.00578. The molecule has 3 heterocycles. The van der Waals surface area contributed by atoms with Gasteiger partial charge in [0.05, 0.1) is 22.9 Å². The van der Waals surface area contributed by atoms with Crippen molar-refractivity contribution in [2.75, 3.05) is 18.4 Å². The molecule has 0 amide bonds. The molecule has 6 heteroatoms. The van der Waals surface area contributed by atoms with E-state index in [0.29, 0.717) is 6.04 Å². The quantitative estimate of drug-likeness (QED) is 0.861. The minimum atomic E-state index is -0.364. The van der Waals surface area contributed by atoms with Gasteiger partial charge in [-0.1, -0.05) is 0 Å². The third-order valence-electron chi connectivity index (χ3n) is 5.49. The molecule has 2 aliphatic rings. The van der Waals surface area contributed by atoms with Crippen LogP contribution in [0.2, 0.25) is 0 Å². The fourth-order valence-corrected chi connectivity index (χ4v) is 3.00. The van der Waals surface area contributed by atoms with E-state index in [4.69, 9.17) is 9.31 Å². The number of aromatic nitrogens is 1. The fraction of sp³-hybridized carbons (Fsp3) is 0.722. The van der Waals surface area contributed by atoms with Gasteiger partial charge in [-0.2, -0.15) is 0 Å². The monoisotopic (exact) mass is 331 g/mol. The van der Waals surface area contributed by atoms with Crippen molar-refractivity contribution in [2.45, 2.75) is 71.2 Å². The van der Waals surface area contributed by atoms with Crippen LogP contribution in [-0.2, 0) is 9.31 Å². The maximum absolute atomic E-state index is 6.11. The summed E-state index contributed by atoms with van der Waals surface area (Å²) in [7, 11) is -0.364. The van der Waals surface area contributed by atoms with Crippen LogP contribution in [0, 0.1) is 0 Å². The van der Waals surface area contributed by atoms with Gasteiger partial charge >= 0.3 is 7.12 Å². The predicted molar refractivity (Wildman–Crippen MR) is 98.7 cm³/mol. The highest BCUT2D eigenvalue weighted by atomic mass is 16.7. The van der Waals surface area contributed by atoms with Gasteiger partial charge in [-0.25, -0.2) is 0 Å². The second kappa shape index (κ2) is 5.72. The Labute approximate surface area is 146 Å². The molecule has 2 aliphatic heterocycles. The number of anilines is 1. The summed E-state index contributed by atoms with van der Waals surface area (Å²) < 4.78 is 12.2. The molecule has 0 aliphatic carbocycles. The Balaban J connectivity index is 1.64. The van der Waals surface area contributed by atoms with Gasteiger partial charge in [0.1, 0.15) is 0 Å². The normalized spacial score (nSPS) is 24.0. The Hall–Kier alpha value is -1.11. The average molecular weight is 331 g/mol. The summed E-state index contributed by atoms with van der Waals surface area (Å²) in [4.78, 5) is 6.84. The topological polar surface area (TPSA) is 46.6 Å². The van der Waals surface area contributed by atoms with Crippen LogP contribution >= 0.6 is 0 Å². The zero-order valence-corrected chi connectivity index (χ0v) is 16.0. The minimum absolute atomic E-state index is 0.237. The van der Waals surface area contributed by atoms with Crippen LogP contribution in [0.1, 0.15) is 48.5 Å². The molecule has 0 bridgehead atoms. The molecule has 1 aromatic rings. The Morgan fingerprint density at radius 3 is 2.25 bits per heavy atom. The lowest BCUT2D eigenvalue weighted by Crippen LogP contribution is -2.61. The van der Waals surface area contributed by atoms with Gasteiger partial charge in [0.2, 0.25) is 0 Å². The van der Waals surface area contributed by atoms with Crippen molar-refractivity contribution >= 4 is 18.3 Å². The number of nitrogens with one attached hydrogen (secondary N) is 1. The second-order valence-electron chi connectivity index (χ2n) is 9.01. The number of hydrogen-bond donors (Lipinski definition) is 1. The smallest absolute Gasteiger partial charge is 0.399 e. The van der Waals surface area contributed by atoms with Crippen LogP contribution in [0.3, 0.4) is 0 Å². The molecule has 0 saturated carbocycles. The summed E-state index contributed by atoms with van der Waals surface area (Å²) in [6, 6.07) is 2.56. The SMILES string of the molecule is CC(C)(C)N1CC(Nc2cncc(B3OC(C)(C)C(C)(C)O3)c2)C1. The van der Waals surface area contributed by atoms with Crippen LogP contribution in [0.25, 0.3) is 0 Å². The van der Waals surface area contributed by atoms with Gasteiger partial charge < -0.3 is 14.6 Å². The average Bonchev–Trinajstić information content (AvgIpc) is 2.61. The highest BCUT2D eigenvalue weighted by molar-refractivity contribution is 6.62. The van der Waals surface area contributed by atoms with Crippen molar-refractivity contribution in [3.63, 3.8) is 0 Å². The number of pyridine rings is 1. The molecular formula is C18H30BN3O2. The van der Waals surface area contributed by atoms with Crippen LogP contribution in [0.15, 0.2) is 18.5 Å². The summed E-state index contributed by atoms with van der Waals surface area (Å²) in [5.41, 5.74) is 1.57. The summed E-state index contributed by atoms with van der Waals surface area (Å²) in [5, 5.41) is 3.57. The summed E-state index contributed by atoms with van der Waals surface area (Å²) in [6.45, 7) is 17.2. The maximum atomic E-state index is 6.11. The van der Waals surface area contributed by atoms with E-state index in [-0.39, 0.29) is 23.9 Å². The Bertz CT molecular complexity index is 591. The van der Waals surface area contributed by atoms with E-state index in [1.165, 1.54) is 0 Å². The van der Waals surface area contributed by atoms with E-state index >= 15 is 0 Å². The van der Waals surface area contributed by atoms with Crippen LogP contribution < -0.4 is 10.8 Å². The third-order valence-corrected chi connectivity index (χ3v) is 5.49. The molecule has 132 valence electrons. The first kappa shape index (κ1) is 17.7. The van der Waals surface area contributed by atoms with E-state index in [2.05, 4.69) is 69.7 Å². The molecular weight excluding hydrogens is 301 g/mol. The van der Waals surface area contributed by atoms with Crippen molar-refractivity contribution in [3.05, 3.63) is 18.5 Å². The molecule has 0 radical (unpaired) electrons. The Morgan fingerprint density at radius 2 is 1.71 bits per heavy atom. The summed E-state index contributed by atoms with van der Waals surface area (Å²) in [6.07, 6.45) is 3.70.